The van der Waals surface area contributed by atoms with Crippen LogP contribution in [0.4, 0.5) is 10.5 Å². The number of hydrazone groups is 1. The minimum atomic E-state index is -0.631. The maximum atomic E-state index is 12.0. The Kier molecular flexibility index (Phi) is 8.32. The number of hydrogen-bond donors (Lipinski definition) is 2. The van der Waals surface area contributed by atoms with E-state index in [1.807, 2.05) is 25.1 Å². The first-order chi connectivity index (χ1) is 13.6. The highest BCUT2D eigenvalue weighted by Crippen LogP contribution is 2.28. The van der Waals surface area contributed by atoms with Crippen molar-refractivity contribution in [3.8, 4) is 11.5 Å². The maximum Gasteiger partial charge on any atom is 0.427 e. The van der Waals surface area contributed by atoms with E-state index in [1.54, 1.807) is 37.3 Å². The number of benzene rings is 2. The minimum absolute atomic E-state index is 0.160. The Bertz CT molecular complexity index is 809. The van der Waals surface area contributed by atoms with Crippen LogP contribution in [0.3, 0.4) is 0 Å². The van der Waals surface area contributed by atoms with Gasteiger partial charge in [0.2, 0.25) is 0 Å². The summed E-state index contributed by atoms with van der Waals surface area (Å²) < 4.78 is 15.9. The predicted octanol–water partition coefficient (Wildman–Crippen LogP) is 3.18. The number of nitrogens with zero attached hydrogens (tertiary/aromatic N) is 1. The van der Waals surface area contributed by atoms with Crippen LogP contribution >= 0.6 is 0 Å². The van der Waals surface area contributed by atoms with E-state index in [4.69, 9.17) is 14.2 Å². The Labute approximate surface area is 163 Å². The number of anilines is 1. The number of amides is 2. The lowest BCUT2D eigenvalue weighted by molar-refractivity contribution is -0.118. The molecule has 2 aromatic rings. The Hall–Kier alpha value is -3.55. The Morgan fingerprint density at radius 2 is 1.79 bits per heavy atom. The lowest BCUT2D eigenvalue weighted by Crippen LogP contribution is -2.20. The van der Waals surface area contributed by atoms with E-state index in [2.05, 4.69) is 15.8 Å². The van der Waals surface area contributed by atoms with Gasteiger partial charge in [-0.15, -0.1) is 0 Å². The van der Waals surface area contributed by atoms with Gasteiger partial charge in [-0.05, 0) is 49.7 Å². The second-order valence-electron chi connectivity index (χ2n) is 5.43. The van der Waals surface area contributed by atoms with Crippen molar-refractivity contribution in [3.05, 3.63) is 54.1 Å². The third kappa shape index (κ3) is 6.99. The summed E-state index contributed by atoms with van der Waals surface area (Å²) in [6.07, 6.45) is 0.818. The van der Waals surface area contributed by atoms with Crippen molar-refractivity contribution >= 4 is 23.9 Å². The summed E-state index contributed by atoms with van der Waals surface area (Å²) >= 11 is 0. The number of carbonyl (C=O) groups excluding carboxylic acids is 2. The fourth-order valence-electron chi connectivity index (χ4n) is 2.18. The number of nitrogens with one attached hydrogen (secondary N) is 2. The van der Waals surface area contributed by atoms with Crippen molar-refractivity contribution in [2.24, 2.45) is 5.10 Å². The molecule has 0 saturated heterocycles. The molecule has 148 valence electrons. The molecule has 2 aromatic carbocycles. The Morgan fingerprint density at radius 3 is 2.50 bits per heavy atom. The summed E-state index contributed by atoms with van der Waals surface area (Å²) in [4.78, 5) is 23.2. The van der Waals surface area contributed by atoms with Gasteiger partial charge in [0.1, 0.15) is 0 Å². The molecule has 0 bridgehead atoms. The fourth-order valence-corrected chi connectivity index (χ4v) is 2.18. The monoisotopic (exact) mass is 385 g/mol. The minimum Gasteiger partial charge on any atom is -0.490 e. The molecule has 28 heavy (non-hydrogen) atoms. The predicted molar refractivity (Wildman–Crippen MR) is 106 cm³/mol. The average Bonchev–Trinajstić information content (AvgIpc) is 2.68. The second kappa shape index (κ2) is 11.2. The van der Waals surface area contributed by atoms with Gasteiger partial charge in [-0.25, -0.2) is 10.2 Å². The molecule has 0 unspecified atom stereocenters. The van der Waals surface area contributed by atoms with Crippen LogP contribution in [0.15, 0.2) is 53.6 Å². The molecule has 0 aliphatic heterocycles. The van der Waals surface area contributed by atoms with Crippen LogP contribution in [0.2, 0.25) is 0 Å². The van der Waals surface area contributed by atoms with E-state index in [9.17, 15) is 9.59 Å². The number of hydrogen-bond acceptors (Lipinski definition) is 6. The Balaban J connectivity index is 1.96. The SMILES string of the molecule is CCOC(=O)N/N=C\c1ccc(OCC(=O)Nc2ccccc2)c(OCC)c1. The summed E-state index contributed by atoms with van der Waals surface area (Å²) in [5.41, 5.74) is 3.62. The number of carbonyl (C=O) groups is 2. The highest BCUT2D eigenvalue weighted by atomic mass is 16.5. The van der Waals surface area contributed by atoms with Gasteiger partial charge < -0.3 is 19.5 Å². The molecule has 0 aliphatic carbocycles. The first kappa shape index (κ1) is 20.8. The van der Waals surface area contributed by atoms with Gasteiger partial charge in [0.15, 0.2) is 18.1 Å². The molecular weight excluding hydrogens is 362 g/mol. The van der Waals surface area contributed by atoms with Crippen molar-refractivity contribution in [2.75, 3.05) is 25.1 Å². The highest BCUT2D eigenvalue weighted by Gasteiger charge is 2.09. The quantitative estimate of drug-likeness (QED) is 0.510. The molecule has 2 N–H and O–H groups in total. The molecule has 0 spiro atoms. The normalized spacial score (nSPS) is 10.4. The third-order valence-electron chi connectivity index (χ3n) is 3.33. The van der Waals surface area contributed by atoms with Gasteiger partial charge >= 0.3 is 6.09 Å². The zero-order valence-electron chi connectivity index (χ0n) is 15.8. The first-order valence-electron chi connectivity index (χ1n) is 8.82. The van der Waals surface area contributed by atoms with Crippen LogP contribution in [0.5, 0.6) is 11.5 Å². The standard InChI is InChI=1S/C20H23N3O5/c1-3-26-18-12-15(13-21-23-20(25)27-4-2)10-11-17(18)28-14-19(24)22-16-8-6-5-7-9-16/h5-13H,3-4,14H2,1-2H3,(H,22,24)(H,23,25)/b21-13-. The van der Waals surface area contributed by atoms with Crippen molar-refractivity contribution < 1.29 is 23.8 Å². The largest absolute Gasteiger partial charge is 0.490 e. The van der Waals surface area contributed by atoms with E-state index in [-0.39, 0.29) is 19.1 Å². The highest BCUT2D eigenvalue weighted by molar-refractivity contribution is 5.91. The smallest absolute Gasteiger partial charge is 0.427 e. The van der Waals surface area contributed by atoms with Crippen LogP contribution in [0, 0.1) is 0 Å². The van der Waals surface area contributed by atoms with Crippen molar-refractivity contribution in [3.63, 3.8) is 0 Å². The van der Waals surface area contributed by atoms with E-state index >= 15 is 0 Å². The van der Waals surface area contributed by atoms with Crippen molar-refractivity contribution in [1.82, 2.24) is 5.43 Å². The molecule has 2 rings (SSSR count). The molecule has 0 aromatic heterocycles. The zero-order valence-corrected chi connectivity index (χ0v) is 15.8. The van der Waals surface area contributed by atoms with E-state index < -0.39 is 6.09 Å². The lowest BCUT2D eigenvalue weighted by Gasteiger charge is -2.12. The van der Waals surface area contributed by atoms with Gasteiger partial charge in [0.05, 0.1) is 19.4 Å². The molecule has 0 atom stereocenters. The first-order valence-corrected chi connectivity index (χ1v) is 8.82. The molecule has 8 heteroatoms. The molecule has 2 amide bonds. The topological polar surface area (TPSA) is 98.3 Å². The Morgan fingerprint density at radius 1 is 1.00 bits per heavy atom. The zero-order chi connectivity index (χ0) is 20.2. The van der Waals surface area contributed by atoms with E-state index in [1.165, 1.54) is 6.21 Å². The van der Waals surface area contributed by atoms with Gasteiger partial charge in [-0.2, -0.15) is 5.10 Å². The van der Waals surface area contributed by atoms with Crippen LogP contribution in [0.25, 0.3) is 0 Å². The number of para-hydroxylation sites is 1. The summed E-state index contributed by atoms with van der Waals surface area (Å²) in [6, 6.07) is 14.2. The van der Waals surface area contributed by atoms with E-state index in [0.29, 0.717) is 29.4 Å². The lowest BCUT2D eigenvalue weighted by atomic mass is 10.2. The van der Waals surface area contributed by atoms with Crippen molar-refractivity contribution in [1.29, 1.82) is 0 Å². The van der Waals surface area contributed by atoms with Crippen molar-refractivity contribution in [2.45, 2.75) is 13.8 Å². The summed E-state index contributed by atoms with van der Waals surface area (Å²) in [5, 5.41) is 6.55. The van der Waals surface area contributed by atoms with Crippen LogP contribution in [0.1, 0.15) is 19.4 Å². The molecule has 0 heterocycles. The summed E-state index contributed by atoms with van der Waals surface area (Å²) in [6.45, 7) is 4.08. The molecule has 0 radical (unpaired) electrons. The van der Waals surface area contributed by atoms with Gasteiger partial charge in [-0.3, -0.25) is 4.79 Å². The van der Waals surface area contributed by atoms with Gasteiger partial charge in [0, 0.05) is 5.69 Å². The summed E-state index contributed by atoms with van der Waals surface area (Å²) in [7, 11) is 0. The number of ether oxygens (including phenoxy) is 3. The van der Waals surface area contributed by atoms with E-state index in [0.717, 1.165) is 0 Å². The molecule has 0 fully saturated rings. The van der Waals surface area contributed by atoms with Crippen LogP contribution in [-0.2, 0) is 9.53 Å². The molecule has 0 aliphatic rings. The molecule has 0 saturated carbocycles. The van der Waals surface area contributed by atoms with Gasteiger partial charge in [0.25, 0.3) is 5.91 Å². The number of rotatable bonds is 9. The summed E-state index contributed by atoms with van der Waals surface area (Å²) in [5.74, 6) is 0.619. The fraction of sp³-hybridized carbons (Fsp3) is 0.250. The third-order valence-corrected chi connectivity index (χ3v) is 3.33. The molecular formula is C20H23N3O5. The van der Waals surface area contributed by atoms with Gasteiger partial charge in [-0.1, -0.05) is 18.2 Å². The average molecular weight is 385 g/mol. The molecule has 8 nitrogen and oxygen atoms in total. The maximum absolute atomic E-state index is 12.0. The second-order valence-corrected chi connectivity index (χ2v) is 5.43. The van der Waals surface area contributed by atoms with Crippen LogP contribution in [-0.4, -0.2) is 38.0 Å². The van der Waals surface area contributed by atoms with Crippen LogP contribution < -0.4 is 20.2 Å².